The van der Waals surface area contributed by atoms with Crippen LogP contribution < -0.4 is 16.0 Å². The van der Waals surface area contributed by atoms with Gasteiger partial charge in [0.05, 0.1) is 11.4 Å². The van der Waals surface area contributed by atoms with Crippen LogP contribution in [-0.2, 0) is 4.79 Å². The number of fused-ring (bicyclic) bond motifs is 1. The van der Waals surface area contributed by atoms with Gasteiger partial charge in [0.15, 0.2) is 0 Å². The van der Waals surface area contributed by atoms with Gasteiger partial charge in [-0.25, -0.2) is 0 Å². The Morgan fingerprint density at radius 1 is 1.28 bits per heavy atom. The molecule has 0 saturated heterocycles. The van der Waals surface area contributed by atoms with Gasteiger partial charge in [-0.05, 0) is 25.0 Å². The first kappa shape index (κ1) is 12.7. The molecule has 4 heteroatoms. The van der Waals surface area contributed by atoms with Crippen molar-refractivity contribution < 1.29 is 4.79 Å². The molecule has 0 radical (unpaired) electrons. The predicted molar refractivity (Wildman–Crippen MR) is 74.8 cm³/mol. The molecule has 1 heterocycles. The van der Waals surface area contributed by atoms with Gasteiger partial charge in [0.25, 0.3) is 0 Å². The van der Waals surface area contributed by atoms with Gasteiger partial charge in [0.1, 0.15) is 6.04 Å². The number of carbonyl (C=O) groups is 1. The molecular formula is C14H21N3O. The lowest BCUT2D eigenvalue weighted by atomic mass is 10.1. The minimum absolute atomic E-state index is 0.0539. The molecule has 2 atom stereocenters. The van der Waals surface area contributed by atoms with Gasteiger partial charge in [0.2, 0.25) is 5.91 Å². The van der Waals surface area contributed by atoms with Gasteiger partial charge >= 0.3 is 0 Å². The number of carbonyl (C=O) groups excluding carboxylic acids is 1. The Bertz CT molecular complexity index is 431. The van der Waals surface area contributed by atoms with E-state index in [-0.39, 0.29) is 18.0 Å². The average molecular weight is 247 g/mol. The van der Waals surface area contributed by atoms with E-state index in [2.05, 4.69) is 29.8 Å². The fraction of sp³-hybridized carbons (Fsp3) is 0.500. The number of hydrogen-bond acceptors (Lipinski definition) is 3. The molecule has 0 fully saturated rings. The zero-order chi connectivity index (χ0) is 13.1. The zero-order valence-corrected chi connectivity index (χ0v) is 11.2. The minimum atomic E-state index is -0.207. The molecule has 1 aromatic carbocycles. The van der Waals surface area contributed by atoms with Crippen LogP contribution >= 0.6 is 0 Å². The number of para-hydroxylation sites is 2. The summed E-state index contributed by atoms with van der Waals surface area (Å²) < 4.78 is 0. The number of hydrogen-bond donors (Lipinski definition) is 3. The summed E-state index contributed by atoms with van der Waals surface area (Å²) in [6.07, 6.45) is 0. The molecule has 1 amide bonds. The maximum atomic E-state index is 12.1. The van der Waals surface area contributed by atoms with E-state index in [0.29, 0.717) is 12.5 Å². The van der Waals surface area contributed by atoms with Crippen LogP contribution in [0.5, 0.6) is 0 Å². The highest BCUT2D eigenvalue weighted by Gasteiger charge is 2.24. The first-order chi connectivity index (χ1) is 8.58. The molecule has 4 nitrogen and oxygen atoms in total. The first-order valence-corrected chi connectivity index (χ1v) is 6.47. The molecule has 3 N–H and O–H groups in total. The van der Waals surface area contributed by atoms with E-state index < -0.39 is 0 Å². The standard InChI is InChI=1S/C14H21N3O/c1-9(2)10(3)16-14(18)13-8-15-11-6-4-5-7-12(11)17-13/h4-7,9-10,13,15,17H,8H2,1-3H3,(H,16,18). The highest BCUT2D eigenvalue weighted by atomic mass is 16.2. The smallest absolute Gasteiger partial charge is 0.244 e. The summed E-state index contributed by atoms with van der Waals surface area (Å²) in [5.74, 6) is 0.496. The van der Waals surface area contributed by atoms with Crippen LogP contribution in [0.1, 0.15) is 20.8 Å². The van der Waals surface area contributed by atoms with Crippen LogP contribution in [0.15, 0.2) is 24.3 Å². The quantitative estimate of drug-likeness (QED) is 0.766. The van der Waals surface area contributed by atoms with Crippen molar-refractivity contribution in [2.45, 2.75) is 32.9 Å². The third-order valence-corrected chi connectivity index (χ3v) is 3.44. The number of benzene rings is 1. The predicted octanol–water partition coefficient (Wildman–Crippen LogP) is 2.05. The van der Waals surface area contributed by atoms with Crippen LogP contribution in [0.4, 0.5) is 11.4 Å². The van der Waals surface area contributed by atoms with E-state index in [9.17, 15) is 4.79 Å². The van der Waals surface area contributed by atoms with E-state index in [4.69, 9.17) is 0 Å². The van der Waals surface area contributed by atoms with Gasteiger partial charge in [-0.2, -0.15) is 0 Å². The van der Waals surface area contributed by atoms with Gasteiger partial charge in [-0.3, -0.25) is 4.79 Å². The second kappa shape index (κ2) is 5.29. The summed E-state index contributed by atoms with van der Waals surface area (Å²) >= 11 is 0. The highest BCUT2D eigenvalue weighted by molar-refractivity contribution is 5.88. The fourth-order valence-electron chi connectivity index (χ4n) is 1.86. The van der Waals surface area contributed by atoms with Gasteiger partial charge in [-0.1, -0.05) is 26.0 Å². The summed E-state index contributed by atoms with van der Waals surface area (Å²) in [6.45, 7) is 6.86. The molecule has 0 bridgehead atoms. The van der Waals surface area contributed by atoms with Crippen LogP contribution in [0, 0.1) is 5.92 Å². The molecule has 0 aromatic heterocycles. The summed E-state index contributed by atoms with van der Waals surface area (Å²) in [4.78, 5) is 12.1. The molecule has 18 heavy (non-hydrogen) atoms. The van der Waals surface area contributed by atoms with Crippen molar-refractivity contribution in [1.29, 1.82) is 0 Å². The number of amides is 1. The SMILES string of the molecule is CC(C)C(C)NC(=O)C1CNc2ccccc2N1. The third kappa shape index (κ3) is 2.75. The molecule has 2 unspecified atom stereocenters. The van der Waals surface area contributed by atoms with Crippen molar-refractivity contribution in [2.75, 3.05) is 17.2 Å². The van der Waals surface area contributed by atoms with Crippen molar-refractivity contribution in [3.8, 4) is 0 Å². The van der Waals surface area contributed by atoms with Gasteiger partial charge < -0.3 is 16.0 Å². The van der Waals surface area contributed by atoms with Crippen LogP contribution in [0.3, 0.4) is 0 Å². The summed E-state index contributed by atoms with van der Waals surface area (Å²) in [7, 11) is 0. The zero-order valence-electron chi connectivity index (χ0n) is 11.2. The third-order valence-electron chi connectivity index (χ3n) is 3.44. The number of anilines is 2. The number of rotatable bonds is 3. The molecule has 1 aliphatic rings. The van der Waals surface area contributed by atoms with Crippen LogP contribution in [0.25, 0.3) is 0 Å². The van der Waals surface area contributed by atoms with Crippen LogP contribution in [0.2, 0.25) is 0 Å². The van der Waals surface area contributed by atoms with E-state index in [0.717, 1.165) is 11.4 Å². The molecular weight excluding hydrogens is 226 g/mol. The fourth-order valence-corrected chi connectivity index (χ4v) is 1.86. The second-order valence-electron chi connectivity index (χ2n) is 5.16. The van der Waals surface area contributed by atoms with Gasteiger partial charge in [-0.15, -0.1) is 0 Å². The van der Waals surface area contributed by atoms with Crippen molar-refractivity contribution in [1.82, 2.24) is 5.32 Å². The Hall–Kier alpha value is -1.71. The molecule has 0 spiro atoms. The Balaban J connectivity index is 1.98. The van der Waals surface area contributed by atoms with Gasteiger partial charge in [0, 0.05) is 12.6 Å². The lowest BCUT2D eigenvalue weighted by Crippen LogP contribution is -2.49. The Morgan fingerprint density at radius 2 is 1.94 bits per heavy atom. The van der Waals surface area contributed by atoms with E-state index in [1.165, 1.54) is 0 Å². The molecule has 2 rings (SSSR count). The maximum Gasteiger partial charge on any atom is 0.244 e. The van der Waals surface area contributed by atoms with Crippen LogP contribution in [-0.4, -0.2) is 24.5 Å². The largest absolute Gasteiger partial charge is 0.381 e. The van der Waals surface area contributed by atoms with E-state index in [1.54, 1.807) is 0 Å². The maximum absolute atomic E-state index is 12.1. The molecule has 1 aliphatic heterocycles. The van der Waals surface area contributed by atoms with E-state index in [1.807, 2.05) is 31.2 Å². The summed E-state index contributed by atoms with van der Waals surface area (Å²) in [6, 6.07) is 7.91. The Morgan fingerprint density at radius 3 is 2.61 bits per heavy atom. The average Bonchev–Trinajstić information content (AvgIpc) is 2.37. The topological polar surface area (TPSA) is 53.2 Å². The number of nitrogens with one attached hydrogen (secondary N) is 3. The minimum Gasteiger partial charge on any atom is -0.381 e. The lowest BCUT2D eigenvalue weighted by Gasteiger charge is -2.29. The Labute approximate surface area is 108 Å². The van der Waals surface area contributed by atoms with Crippen molar-refractivity contribution in [3.63, 3.8) is 0 Å². The van der Waals surface area contributed by atoms with Crippen molar-refractivity contribution in [2.24, 2.45) is 5.92 Å². The Kier molecular flexibility index (Phi) is 3.75. The van der Waals surface area contributed by atoms with E-state index >= 15 is 0 Å². The normalized spacial score (nSPS) is 19.4. The lowest BCUT2D eigenvalue weighted by molar-refractivity contribution is -0.122. The molecule has 0 saturated carbocycles. The van der Waals surface area contributed by atoms with Crippen molar-refractivity contribution in [3.05, 3.63) is 24.3 Å². The summed E-state index contributed by atoms with van der Waals surface area (Å²) in [5.41, 5.74) is 2.04. The highest BCUT2D eigenvalue weighted by Crippen LogP contribution is 2.25. The molecule has 1 aromatic rings. The molecule has 0 aliphatic carbocycles. The monoisotopic (exact) mass is 247 g/mol. The molecule has 98 valence electrons. The van der Waals surface area contributed by atoms with Crippen molar-refractivity contribution >= 4 is 17.3 Å². The second-order valence-corrected chi connectivity index (χ2v) is 5.16. The first-order valence-electron chi connectivity index (χ1n) is 6.47. The summed E-state index contributed by atoms with van der Waals surface area (Å²) in [5, 5.41) is 9.58.